The summed E-state index contributed by atoms with van der Waals surface area (Å²) in [6.45, 7) is 5.92. The highest BCUT2D eigenvalue weighted by atomic mass is 35.5. The number of rotatable bonds is 3. The van der Waals surface area contributed by atoms with Crippen LogP contribution in [0.25, 0.3) is 0 Å². The van der Waals surface area contributed by atoms with E-state index >= 15 is 0 Å². The quantitative estimate of drug-likeness (QED) is 0.736. The molecule has 3 unspecified atom stereocenters. The van der Waals surface area contributed by atoms with E-state index in [2.05, 4.69) is 13.8 Å². The van der Waals surface area contributed by atoms with E-state index in [4.69, 9.17) is 24.2 Å². The zero-order valence-corrected chi connectivity index (χ0v) is 12.4. The minimum atomic E-state index is -1.53. The molecule has 3 atom stereocenters. The lowest BCUT2D eigenvalue weighted by atomic mass is 9.78. The van der Waals surface area contributed by atoms with Crippen LogP contribution in [0.2, 0.25) is 5.02 Å². The molecule has 1 aromatic carbocycles. The fourth-order valence-electron chi connectivity index (χ4n) is 3.04. The van der Waals surface area contributed by atoms with Gasteiger partial charge in [-0.3, -0.25) is 4.39 Å². The Morgan fingerprint density at radius 1 is 1.58 bits per heavy atom. The Morgan fingerprint density at radius 3 is 2.74 bits per heavy atom. The first-order valence-corrected chi connectivity index (χ1v) is 7.16. The van der Waals surface area contributed by atoms with Crippen LogP contribution in [0, 0.1) is 6.92 Å². The van der Waals surface area contributed by atoms with Gasteiger partial charge in [0, 0.05) is 5.02 Å². The summed E-state index contributed by atoms with van der Waals surface area (Å²) in [7, 11) is 5.52. The normalized spacial score (nSPS) is 28.6. The SMILES string of the molecule is [B]C(F)c1c(C2(CC)CCC(C)O2)ccc(Cl)c1C. The molecule has 0 spiro atoms. The molecule has 0 saturated carbocycles. The molecule has 1 aromatic rings. The first kappa shape index (κ1) is 14.9. The second-order valence-corrected chi connectivity index (χ2v) is 5.76. The highest BCUT2D eigenvalue weighted by molar-refractivity contribution is 6.31. The Morgan fingerprint density at radius 2 is 2.26 bits per heavy atom. The predicted octanol–water partition coefficient (Wildman–Crippen LogP) is 4.59. The summed E-state index contributed by atoms with van der Waals surface area (Å²) in [5.74, 6) is 0. The van der Waals surface area contributed by atoms with Gasteiger partial charge >= 0.3 is 0 Å². The van der Waals surface area contributed by atoms with Crippen molar-refractivity contribution in [2.75, 3.05) is 0 Å². The van der Waals surface area contributed by atoms with Crippen molar-refractivity contribution in [2.45, 2.75) is 57.8 Å². The van der Waals surface area contributed by atoms with E-state index in [0.717, 1.165) is 24.8 Å². The van der Waals surface area contributed by atoms with Crippen LogP contribution in [0.1, 0.15) is 55.9 Å². The van der Waals surface area contributed by atoms with Crippen molar-refractivity contribution in [3.8, 4) is 0 Å². The first-order valence-electron chi connectivity index (χ1n) is 6.78. The summed E-state index contributed by atoms with van der Waals surface area (Å²) in [6, 6.07) is 3.67. The second kappa shape index (κ2) is 5.45. The molecular weight excluding hydrogens is 261 g/mol. The van der Waals surface area contributed by atoms with Gasteiger partial charge in [-0.1, -0.05) is 24.6 Å². The van der Waals surface area contributed by atoms with E-state index in [1.54, 1.807) is 0 Å². The minimum Gasteiger partial charge on any atom is -0.367 e. The van der Waals surface area contributed by atoms with Crippen molar-refractivity contribution < 1.29 is 9.13 Å². The van der Waals surface area contributed by atoms with Crippen molar-refractivity contribution >= 4 is 19.4 Å². The molecule has 0 amide bonds. The molecule has 1 aliphatic rings. The zero-order chi connectivity index (χ0) is 14.2. The van der Waals surface area contributed by atoms with Gasteiger partial charge in [0.15, 0.2) is 0 Å². The topological polar surface area (TPSA) is 9.23 Å². The Bertz CT molecular complexity index is 477. The highest BCUT2D eigenvalue weighted by Crippen LogP contribution is 2.46. The summed E-state index contributed by atoms with van der Waals surface area (Å²) in [6.07, 6.45) is 1.34. The Labute approximate surface area is 120 Å². The molecule has 0 N–H and O–H groups in total. The van der Waals surface area contributed by atoms with Crippen LogP contribution in [0.3, 0.4) is 0 Å². The van der Waals surface area contributed by atoms with Gasteiger partial charge in [-0.25, -0.2) is 0 Å². The van der Waals surface area contributed by atoms with E-state index in [9.17, 15) is 4.39 Å². The summed E-state index contributed by atoms with van der Waals surface area (Å²) in [4.78, 5) is 0. The van der Waals surface area contributed by atoms with Gasteiger partial charge in [0.25, 0.3) is 0 Å². The van der Waals surface area contributed by atoms with E-state index in [1.807, 2.05) is 19.1 Å². The lowest BCUT2D eigenvalue weighted by molar-refractivity contribution is -0.0421. The van der Waals surface area contributed by atoms with Crippen molar-refractivity contribution in [3.63, 3.8) is 0 Å². The van der Waals surface area contributed by atoms with Crippen molar-refractivity contribution in [3.05, 3.63) is 33.8 Å². The molecule has 1 nitrogen and oxygen atoms in total. The van der Waals surface area contributed by atoms with Gasteiger partial charge in [0.2, 0.25) is 0 Å². The molecule has 0 aliphatic carbocycles. The predicted molar refractivity (Wildman–Crippen MR) is 77.5 cm³/mol. The largest absolute Gasteiger partial charge is 0.367 e. The molecule has 1 heterocycles. The molecule has 2 rings (SSSR count). The zero-order valence-electron chi connectivity index (χ0n) is 11.7. The summed E-state index contributed by atoms with van der Waals surface area (Å²) < 4.78 is 20.0. The van der Waals surface area contributed by atoms with Crippen molar-refractivity contribution in [1.29, 1.82) is 0 Å². The third-order valence-corrected chi connectivity index (χ3v) is 4.58. The van der Waals surface area contributed by atoms with Crippen molar-refractivity contribution in [1.82, 2.24) is 0 Å². The number of halogens is 2. The van der Waals surface area contributed by atoms with Crippen LogP contribution in [-0.4, -0.2) is 14.0 Å². The number of hydrogen-bond acceptors (Lipinski definition) is 1. The minimum absolute atomic E-state index is 0.194. The molecule has 0 bridgehead atoms. The average Bonchev–Trinajstić information content (AvgIpc) is 2.75. The number of ether oxygens (including phenoxy) is 1. The number of alkyl halides is 1. The van der Waals surface area contributed by atoms with E-state index in [0.29, 0.717) is 16.1 Å². The van der Waals surface area contributed by atoms with Crippen LogP contribution in [0.5, 0.6) is 0 Å². The Kier molecular flexibility index (Phi) is 4.27. The van der Waals surface area contributed by atoms with Gasteiger partial charge in [-0.2, -0.15) is 0 Å². The van der Waals surface area contributed by atoms with Crippen LogP contribution in [-0.2, 0) is 10.3 Å². The van der Waals surface area contributed by atoms with Gasteiger partial charge in [-0.05, 0) is 55.9 Å². The van der Waals surface area contributed by atoms with Gasteiger partial charge in [0.05, 0.1) is 17.8 Å². The van der Waals surface area contributed by atoms with Gasteiger partial charge in [-0.15, -0.1) is 0 Å². The molecular formula is C15H19BClFO. The first-order chi connectivity index (χ1) is 8.91. The monoisotopic (exact) mass is 280 g/mol. The third-order valence-electron chi connectivity index (χ3n) is 4.17. The van der Waals surface area contributed by atoms with Crippen molar-refractivity contribution in [2.24, 2.45) is 0 Å². The Hall–Kier alpha value is -0.535. The highest BCUT2D eigenvalue weighted by Gasteiger charge is 2.41. The maximum absolute atomic E-state index is 13.9. The molecule has 0 aromatic heterocycles. The molecule has 1 fully saturated rings. The van der Waals surface area contributed by atoms with Gasteiger partial charge in [0.1, 0.15) is 7.85 Å². The molecule has 4 heteroatoms. The smallest absolute Gasteiger partial charge is 0.123 e. The second-order valence-electron chi connectivity index (χ2n) is 5.35. The van der Waals surface area contributed by atoms with E-state index in [-0.39, 0.29) is 6.10 Å². The lowest BCUT2D eigenvalue weighted by Crippen LogP contribution is -2.27. The number of hydrogen-bond donors (Lipinski definition) is 0. The molecule has 19 heavy (non-hydrogen) atoms. The maximum atomic E-state index is 13.9. The summed E-state index contributed by atoms with van der Waals surface area (Å²) >= 11 is 6.09. The molecule has 102 valence electrons. The standard InChI is InChI=1S/C15H19BClFO/c1-4-15(8-7-9(2)19-15)11-5-6-12(17)10(3)13(11)14(16)18/h5-6,9,14H,4,7-8H2,1-3H3. The third kappa shape index (κ3) is 2.55. The molecule has 1 aliphatic heterocycles. The lowest BCUT2D eigenvalue weighted by Gasteiger charge is -2.32. The fraction of sp³-hybridized carbons (Fsp3) is 0.600. The number of benzene rings is 1. The molecule has 2 radical (unpaired) electrons. The summed E-state index contributed by atoms with van der Waals surface area (Å²) in [5, 5.41) is 0.546. The Balaban J connectivity index is 2.58. The van der Waals surface area contributed by atoms with Crippen LogP contribution in [0.15, 0.2) is 12.1 Å². The molecule has 1 saturated heterocycles. The summed E-state index contributed by atoms with van der Waals surface area (Å²) in [5.41, 5.74) is 1.64. The van der Waals surface area contributed by atoms with Crippen LogP contribution in [0.4, 0.5) is 4.39 Å². The maximum Gasteiger partial charge on any atom is 0.123 e. The van der Waals surface area contributed by atoms with Crippen LogP contribution >= 0.6 is 11.6 Å². The van der Waals surface area contributed by atoms with Gasteiger partial charge < -0.3 is 4.74 Å². The van der Waals surface area contributed by atoms with E-state index in [1.165, 1.54) is 0 Å². The average molecular weight is 281 g/mol. The van der Waals surface area contributed by atoms with Crippen LogP contribution < -0.4 is 0 Å². The van der Waals surface area contributed by atoms with E-state index < -0.39 is 11.7 Å². The fourth-order valence-corrected chi connectivity index (χ4v) is 3.21.